The van der Waals surface area contributed by atoms with Crippen molar-refractivity contribution in [3.05, 3.63) is 32.7 Å². The third-order valence-corrected chi connectivity index (χ3v) is 3.48. The lowest BCUT2D eigenvalue weighted by Gasteiger charge is -2.19. The van der Waals surface area contributed by atoms with Crippen LogP contribution in [0.2, 0.25) is 0 Å². The number of aromatic nitrogens is 4. The summed E-state index contributed by atoms with van der Waals surface area (Å²) >= 11 is 0. The van der Waals surface area contributed by atoms with Gasteiger partial charge in [-0.15, -0.1) is 0 Å². The van der Waals surface area contributed by atoms with Crippen molar-refractivity contribution >= 4 is 11.0 Å². The number of nitrogens with zero attached hydrogens (tertiary/aromatic N) is 2. The molecule has 0 radical (unpaired) electrons. The lowest BCUT2D eigenvalue weighted by Crippen LogP contribution is -2.34. The topological polar surface area (TPSA) is 157 Å². The van der Waals surface area contributed by atoms with E-state index in [9.17, 15) is 19.8 Å². The number of rotatable bonds is 1. The van der Waals surface area contributed by atoms with Crippen molar-refractivity contribution < 1.29 is 14.9 Å². The molecule has 0 spiro atoms. The number of hydrogen-bond donors (Lipinski definition) is 5. The zero-order chi connectivity index (χ0) is 15.3. The molecule has 2 aromatic rings. The summed E-state index contributed by atoms with van der Waals surface area (Å²) in [6.07, 6.45) is -2.85. The van der Waals surface area contributed by atoms with Crippen LogP contribution in [0.1, 0.15) is 13.2 Å². The van der Waals surface area contributed by atoms with Gasteiger partial charge in [-0.1, -0.05) is 0 Å². The molecule has 0 aromatic carbocycles. The number of aliphatic hydroxyl groups excluding tert-OH is 2. The summed E-state index contributed by atoms with van der Waals surface area (Å²) in [5.41, 5.74) is -1.84. The van der Waals surface area contributed by atoms with E-state index in [1.54, 1.807) is 6.92 Å². The fourth-order valence-electron chi connectivity index (χ4n) is 2.38. The average Bonchev–Trinajstić information content (AvgIpc) is 2.66. The van der Waals surface area contributed by atoms with Crippen LogP contribution in [0.5, 0.6) is 0 Å². The zero-order valence-corrected chi connectivity index (χ0v) is 10.9. The Morgan fingerprint density at radius 2 is 2.05 bits per heavy atom. The van der Waals surface area contributed by atoms with Crippen LogP contribution in [0.3, 0.4) is 0 Å². The predicted molar refractivity (Wildman–Crippen MR) is 68.4 cm³/mol. The highest BCUT2D eigenvalue weighted by Gasteiger charge is 2.41. The zero-order valence-electron chi connectivity index (χ0n) is 10.9. The maximum absolute atomic E-state index is 11.8. The van der Waals surface area contributed by atoms with E-state index in [4.69, 9.17) is 10.1 Å². The largest absolute Gasteiger partial charge is 0.388 e. The molecule has 0 aliphatic carbocycles. The number of aromatic amines is 2. The van der Waals surface area contributed by atoms with Gasteiger partial charge in [0.15, 0.2) is 11.7 Å². The van der Waals surface area contributed by atoms with Crippen LogP contribution in [-0.4, -0.2) is 48.0 Å². The first kappa shape index (κ1) is 13.7. The Morgan fingerprint density at radius 1 is 1.33 bits per heavy atom. The molecule has 0 saturated carbocycles. The summed E-state index contributed by atoms with van der Waals surface area (Å²) in [4.78, 5) is 31.4. The molecule has 3 rings (SSSR count). The molecule has 1 saturated heterocycles. The summed E-state index contributed by atoms with van der Waals surface area (Å²) in [6, 6.07) is 0. The van der Waals surface area contributed by atoms with Gasteiger partial charge >= 0.3 is 5.69 Å². The summed E-state index contributed by atoms with van der Waals surface area (Å²) in [7, 11) is 0. The molecule has 10 nitrogen and oxygen atoms in total. The quantitative estimate of drug-likeness (QED) is 0.392. The number of ether oxygens (including phenoxy) is 1. The smallest absolute Gasteiger partial charge is 0.327 e. The van der Waals surface area contributed by atoms with Crippen LogP contribution >= 0.6 is 0 Å². The van der Waals surface area contributed by atoms with Crippen molar-refractivity contribution in [2.24, 2.45) is 0 Å². The second kappa shape index (κ2) is 4.62. The third kappa shape index (κ3) is 2.00. The van der Waals surface area contributed by atoms with E-state index in [2.05, 4.69) is 9.97 Å². The molecular weight excluding hydrogens is 282 g/mol. The Bertz CT molecular complexity index is 868. The summed E-state index contributed by atoms with van der Waals surface area (Å²) in [6.45, 7) is 1.58. The molecule has 0 amide bonds. The van der Waals surface area contributed by atoms with Gasteiger partial charge in [0.1, 0.15) is 29.6 Å². The fraction of sp³-hybridized carbons (Fsp3) is 0.455. The van der Waals surface area contributed by atoms with Crippen molar-refractivity contribution in [3.63, 3.8) is 0 Å². The van der Waals surface area contributed by atoms with Crippen molar-refractivity contribution in [1.82, 2.24) is 19.5 Å². The predicted octanol–water partition coefficient (Wildman–Crippen LogP) is -2.47. The number of nitrogens with one attached hydrogen (secondary N) is 3. The molecule has 1 aliphatic rings. The van der Waals surface area contributed by atoms with Gasteiger partial charge in [0.25, 0.3) is 5.56 Å². The monoisotopic (exact) mass is 295 g/mol. The molecular formula is C11H13N5O5. The molecule has 1 aliphatic heterocycles. The second-order valence-electron chi connectivity index (χ2n) is 4.85. The molecule has 0 unspecified atom stereocenters. The third-order valence-electron chi connectivity index (χ3n) is 3.48. The van der Waals surface area contributed by atoms with E-state index in [1.807, 2.05) is 4.98 Å². The molecule has 10 heteroatoms. The Labute approximate surface area is 116 Å². The van der Waals surface area contributed by atoms with Crippen molar-refractivity contribution in [1.29, 1.82) is 5.41 Å². The van der Waals surface area contributed by atoms with Gasteiger partial charge < -0.3 is 14.9 Å². The Balaban J connectivity index is 2.30. The molecule has 112 valence electrons. The van der Waals surface area contributed by atoms with Crippen LogP contribution in [0.25, 0.3) is 11.0 Å². The minimum Gasteiger partial charge on any atom is -0.388 e. The SMILES string of the molecule is C[C@H]1O[C@@H](n2cnc(=N)c3c(=O)[nH]c(=O)[nH]c32)[C@H](O)[C@@H]1O. The van der Waals surface area contributed by atoms with Crippen LogP contribution in [0.15, 0.2) is 15.9 Å². The normalized spacial score (nSPS) is 29.1. The van der Waals surface area contributed by atoms with Crippen molar-refractivity contribution in [2.45, 2.75) is 31.5 Å². The first-order valence-corrected chi connectivity index (χ1v) is 6.20. The Morgan fingerprint density at radius 3 is 2.67 bits per heavy atom. The molecule has 3 heterocycles. The Kier molecular flexibility index (Phi) is 3.01. The highest BCUT2D eigenvalue weighted by Crippen LogP contribution is 2.29. The minimum absolute atomic E-state index is 0.00546. The van der Waals surface area contributed by atoms with Crippen molar-refractivity contribution in [3.8, 4) is 0 Å². The number of aliphatic hydroxyl groups is 2. The summed E-state index contributed by atoms with van der Waals surface area (Å²) in [5.74, 6) is 0. The van der Waals surface area contributed by atoms with Crippen LogP contribution in [-0.2, 0) is 4.74 Å². The van der Waals surface area contributed by atoms with Gasteiger partial charge in [0.05, 0.1) is 6.10 Å². The summed E-state index contributed by atoms with van der Waals surface area (Å²) in [5, 5.41) is 27.3. The first-order chi connectivity index (χ1) is 9.90. The van der Waals surface area contributed by atoms with Gasteiger partial charge in [0.2, 0.25) is 0 Å². The lowest BCUT2D eigenvalue weighted by molar-refractivity contribution is -0.0306. The van der Waals surface area contributed by atoms with Crippen LogP contribution in [0.4, 0.5) is 0 Å². The number of H-pyrrole nitrogens is 2. The van der Waals surface area contributed by atoms with Crippen LogP contribution < -0.4 is 16.7 Å². The molecule has 2 aromatic heterocycles. The van der Waals surface area contributed by atoms with E-state index >= 15 is 0 Å². The van der Waals surface area contributed by atoms with Gasteiger partial charge in [-0.25, -0.2) is 9.78 Å². The average molecular weight is 295 g/mol. The van der Waals surface area contributed by atoms with Crippen LogP contribution in [0, 0.1) is 5.41 Å². The molecule has 0 bridgehead atoms. The van der Waals surface area contributed by atoms with E-state index < -0.39 is 35.8 Å². The van der Waals surface area contributed by atoms with Gasteiger partial charge in [-0.3, -0.25) is 24.7 Å². The van der Waals surface area contributed by atoms with Crippen molar-refractivity contribution in [2.75, 3.05) is 0 Å². The molecule has 21 heavy (non-hydrogen) atoms. The molecule has 1 fully saturated rings. The van der Waals surface area contributed by atoms with E-state index in [0.717, 1.165) is 0 Å². The Hall–Kier alpha value is -2.30. The van der Waals surface area contributed by atoms with Gasteiger partial charge in [-0.05, 0) is 6.92 Å². The first-order valence-electron chi connectivity index (χ1n) is 6.20. The second-order valence-corrected chi connectivity index (χ2v) is 4.85. The van der Waals surface area contributed by atoms with E-state index in [0.29, 0.717) is 0 Å². The maximum Gasteiger partial charge on any atom is 0.327 e. The summed E-state index contributed by atoms with van der Waals surface area (Å²) < 4.78 is 6.65. The van der Waals surface area contributed by atoms with Gasteiger partial charge in [-0.2, -0.15) is 0 Å². The molecule has 5 N–H and O–H groups in total. The number of fused-ring (bicyclic) bond motifs is 1. The highest BCUT2D eigenvalue weighted by atomic mass is 16.6. The van der Waals surface area contributed by atoms with E-state index in [1.165, 1.54) is 10.9 Å². The minimum atomic E-state index is -1.26. The van der Waals surface area contributed by atoms with E-state index in [-0.39, 0.29) is 16.5 Å². The fourth-order valence-corrected chi connectivity index (χ4v) is 2.38. The highest BCUT2D eigenvalue weighted by molar-refractivity contribution is 5.71. The standard InChI is InChI=1S/C11H13N5O5/c1-3-5(17)6(18)10(21-3)16-2-13-7(12)4-8(16)14-11(20)15-9(4)19/h2-3,5-6,10,12,17-18H,1H3,(H2,14,15,19,20)/t3-,5-,6-,10-/m1/s1. The lowest BCUT2D eigenvalue weighted by atomic mass is 10.1. The van der Waals surface area contributed by atoms with Gasteiger partial charge in [0, 0.05) is 0 Å². The number of hydrogen-bond acceptors (Lipinski definition) is 7. The molecule has 4 atom stereocenters. The maximum atomic E-state index is 11.8.